The molecule has 0 spiro atoms. The Bertz CT molecular complexity index is 878. The molecule has 2 aromatic carbocycles. The van der Waals surface area contributed by atoms with Crippen LogP contribution in [0.4, 0.5) is 0 Å². The number of aryl methyl sites for hydroxylation is 1. The van der Waals surface area contributed by atoms with Gasteiger partial charge in [-0.25, -0.2) is 0 Å². The van der Waals surface area contributed by atoms with Crippen LogP contribution in [-0.2, 0) is 11.2 Å². The van der Waals surface area contributed by atoms with Crippen molar-refractivity contribution < 1.29 is 9.53 Å². The molecule has 0 aliphatic carbocycles. The van der Waals surface area contributed by atoms with E-state index in [-0.39, 0.29) is 18.3 Å². The minimum absolute atomic E-state index is 0.151. The minimum Gasteiger partial charge on any atom is -0.426 e. The molecule has 152 valence electrons. The quantitative estimate of drug-likeness (QED) is 0.250. The molecule has 0 aromatic heterocycles. The molecule has 3 heteroatoms. The Morgan fingerprint density at radius 3 is 2.52 bits per heavy atom. The third-order valence-corrected chi connectivity index (χ3v) is 5.23. The van der Waals surface area contributed by atoms with E-state index in [2.05, 4.69) is 39.5 Å². The van der Waals surface area contributed by atoms with Crippen LogP contribution in [0.3, 0.4) is 0 Å². The van der Waals surface area contributed by atoms with Gasteiger partial charge in [-0.05, 0) is 54.4 Å². The maximum Gasteiger partial charge on any atom is 0.311 e. The molecule has 0 heterocycles. The lowest BCUT2D eigenvalue weighted by Crippen LogP contribution is -2.12. The normalized spacial score (nSPS) is 11.5. The summed E-state index contributed by atoms with van der Waals surface area (Å²) in [6.45, 7) is 10.2. The number of esters is 1. The first-order valence-electron chi connectivity index (χ1n) is 10.5. The molecule has 0 saturated heterocycles. The number of nitriles is 1. The Kier molecular flexibility index (Phi) is 8.68. The van der Waals surface area contributed by atoms with E-state index in [9.17, 15) is 4.79 Å². The van der Waals surface area contributed by atoms with Crippen LogP contribution in [0.5, 0.6) is 5.75 Å². The number of benzene rings is 2. The number of ether oxygens (including phenoxy) is 1. The molecule has 0 amide bonds. The molecule has 3 nitrogen and oxygen atoms in total. The maximum absolute atomic E-state index is 12.6. The van der Waals surface area contributed by atoms with E-state index in [0.29, 0.717) is 17.7 Å². The van der Waals surface area contributed by atoms with Gasteiger partial charge in [0.15, 0.2) is 0 Å². The Morgan fingerprint density at radius 1 is 1.17 bits per heavy atom. The fraction of sp³-hybridized carbons (Fsp3) is 0.385. The first kappa shape index (κ1) is 22.4. The predicted molar refractivity (Wildman–Crippen MR) is 119 cm³/mol. The van der Waals surface area contributed by atoms with Gasteiger partial charge in [0.25, 0.3) is 0 Å². The van der Waals surface area contributed by atoms with E-state index in [1.165, 1.54) is 5.56 Å². The largest absolute Gasteiger partial charge is 0.426 e. The van der Waals surface area contributed by atoms with Crippen molar-refractivity contribution in [3.63, 3.8) is 0 Å². The molecule has 29 heavy (non-hydrogen) atoms. The molecular formula is C26H31NO2. The van der Waals surface area contributed by atoms with E-state index in [1.807, 2.05) is 36.4 Å². The fourth-order valence-corrected chi connectivity index (χ4v) is 3.24. The Labute approximate surface area is 175 Å². The lowest BCUT2D eigenvalue weighted by molar-refractivity contribution is -0.134. The molecule has 0 radical (unpaired) electrons. The van der Waals surface area contributed by atoms with Gasteiger partial charge in [-0.1, -0.05) is 70.2 Å². The predicted octanol–water partition coefficient (Wildman–Crippen LogP) is 6.98. The maximum atomic E-state index is 12.6. The highest BCUT2D eigenvalue weighted by atomic mass is 16.5. The van der Waals surface area contributed by atoms with Crippen LogP contribution in [0.1, 0.15) is 69.9 Å². The van der Waals surface area contributed by atoms with Crippen molar-refractivity contribution in [2.45, 2.75) is 65.2 Å². The zero-order valence-electron chi connectivity index (χ0n) is 17.8. The van der Waals surface area contributed by atoms with Crippen LogP contribution in [-0.4, -0.2) is 5.97 Å². The lowest BCUT2D eigenvalue weighted by atomic mass is 9.89. The summed E-state index contributed by atoms with van der Waals surface area (Å²) in [7, 11) is 0. The molecule has 0 fully saturated rings. The van der Waals surface area contributed by atoms with E-state index in [1.54, 1.807) is 0 Å². The number of nitrogens with zero attached hydrogens (tertiary/aromatic N) is 1. The highest BCUT2D eigenvalue weighted by Gasteiger charge is 2.20. The van der Waals surface area contributed by atoms with Crippen LogP contribution in [0.15, 0.2) is 54.6 Å². The SMILES string of the molecule is C=C(C#N)CCC(=O)Oc1c(-c2ccccc2)cc(CCCC)cc1C(C)CC. The zero-order valence-corrected chi connectivity index (χ0v) is 17.8. The van der Waals surface area contributed by atoms with E-state index >= 15 is 0 Å². The molecular weight excluding hydrogens is 358 g/mol. The first-order chi connectivity index (χ1) is 14.0. The summed E-state index contributed by atoms with van der Waals surface area (Å²) in [5, 5.41) is 8.88. The molecule has 0 bridgehead atoms. The van der Waals surface area contributed by atoms with Crippen LogP contribution in [0, 0.1) is 11.3 Å². The fourth-order valence-electron chi connectivity index (χ4n) is 3.24. The van der Waals surface area contributed by atoms with Crippen molar-refractivity contribution in [2.24, 2.45) is 0 Å². The summed E-state index contributed by atoms with van der Waals surface area (Å²) in [5.41, 5.74) is 4.75. The summed E-state index contributed by atoms with van der Waals surface area (Å²) in [6, 6.07) is 16.4. The smallest absolute Gasteiger partial charge is 0.311 e. The number of allylic oxidation sites excluding steroid dienone is 1. The van der Waals surface area contributed by atoms with Gasteiger partial charge in [-0.2, -0.15) is 5.26 Å². The van der Waals surface area contributed by atoms with Gasteiger partial charge in [0.05, 0.1) is 12.5 Å². The second-order valence-electron chi connectivity index (χ2n) is 7.53. The molecule has 2 rings (SSSR count). The summed E-state index contributed by atoms with van der Waals surface area (Å²) in [4.78, 5) is 12.6. The van der Waals surface area contributed by atoms with Gasteiger partial charge in [-0.15, -0.1) is 0 Å². The number of hydrogen-bond donors (Lipinski definition) is 0. The Balaban J connectivity index is 2.50. The third-order valence-electron chi connectivity index (χ3n) is 5.23. The summed E-state index contributed by atoms with van der Waals surface area (Å²) in [6.07, 6.45) is 4.71. The molecule has 1 unspecified atom stereocenters. The Hall–Kier alpha value is -2.86. The first-order valence-corrected chi connectivity index (χ1v) is 10.5. The van der Waals surface area contributed by atoms with Gasteiger partial charge in [0, 0.05) is 11.1 Å². The van der Waals surface area contributed by atoms with Gasteiger partial charge in [0.2, 0.25) is 0 Å². The Morgan fingerprint density at radius 2 is 1.90 bits per heavy atom. The zero-order chi connectivity index (χ0) is 21.2. The highest BCUT2D eigenvalue weighted by Crippen LogP contribution is 2.40. The average Bonchev–Trinajstić information content (AvgIpc) is 2.76. The highest BCUT2D eigenvalue weighted by molar-refractivity contribution is 5.80. The monoisotopic (exact) mass is 389 g/mol. The molecule has 0 aliphatic heterocycles. The molecule has 1 atom stereocenters. The van der Waals surface area contributed by atoms with Crippen molar-refractivity contribution in [3.05, 3.63) is 65.7 Å². The summed E-state index contributed by atoms with van der Waals surface area (Å²) in [5.74, 6) is 0.596. The van der Waals surface area contributed by atoms with Crippen LogP contribution >= 0.6 is 0 Å². The standard InChI is InChI=1S/C26H31NO2/c1-5-7-11-21-16-23(20(4)6-2)26(29-25(28)15-14-19(3)18-27)24(17-21)22-12-9-8-10-13-22/h8-10,12-13,16-17,20H,3,5-7,11,14-15H2,1-2,4H3. The molecule has 0 aliphatic rings. The minimum atomic E-state index is -0.329. The van der Waals surface area contributed by atoms with Gasteiger partial charge < -0.3 is 4.74 Å². The summed E-state index contributed by atoms with van der Waals surface area (Å²) < 4.78 is 5.92. The number of hydrogen-bond acceptors (Lipinski definition) is 3. The van der Waals surface area contributed by atoms with E-state index in [0.717, 1.165) is 42.4 Å². The van der Waals surface area contributed by atoms with Crippen molar-refractivity contribution in [1.82, 2.24) is 0 Å². The number of carbonyl (C=O) groups excluding carboxylic acids is 1. The number of rotatable bonds is 10. The van der Waals surface area contributed by atoms with Crippen molar-refractivity contribution in [2.75, 3.05) is 0 Å². The lowest BCUT2D eigenvalue weighted by Gasteiger charge is -2.21. The van der Waals surface area contributed by atoms with Crippen LogP contribution in [0.2, 0.25) is 0 Å². The van der Waals surface area contributed by atoms with E-state index in [4.69, 9.17) is 10.00 Å². The van der Waals surface area contributed by atoms with Gasteiger partial charge in [-0.3, -0.25) is 4.79 Å². The molecule has 0 saturated carbocycles. The second kappa shape index (κ2) is 11.2. The van der Waals surface area contributed by atoms with Gasteiger partial charge >= 0.3 is 5.97 Å². The van der Waals surface area contributed by atoms with Gasteiger partial charge in [0.1, 0.15) is 5.75 Å². The molecule has 2 aromatic rings. The van der Waals surface area contributed by atoms with Crippen LogP contribution in [0.25, 0.3) is 11.1 Å². The van der Waals surface area contributed by atoms with E-state index < -0.39 is 0 Å². The number of carbonyl (C=O) groups is 1. The van der Waals surface area contributed by atoms with Crippen molar-refractivity contribution >= 4 is 5.97 Å². The van der Waals surface area contributed by atoms with Crippen molar-refractivity contribution in [1.29, 1.82) is 5.26 Å². The number of unbranched alkanes of at least 4 members (excludes halogenated alkanes) is 1. The van der Waals surface area contributed by atoms with Crippen molar-refractivity contribution in [3.8, 4) is 22.9 Å². The average molecular weight is 390 g/mol. The van der Waals surface area contributed by atoms with Crippen LogP contribution < -0.4 is 4.74 Å². The third kappa shape index (κ3) is 6.32. The second-order valence-corrected chi connectivity index (χ2v) is 7.53. The topological polar surface area (TPSA) is 50.1 Å². The summed E-state index contributed by atoms with van der Waals surface area (Å²) >= 11 is 0. The molecule has 0 N–H and O–H groups in total.